The molecule has 2 aromatic carbocycles. The van der Waals surface area contributed by atoms with Crippen LogP contribution in [0.3, 0.4) is 0 Å². The third kappa shape index (κ3) is 5.68. The van der Waals surface area contributed by atoms with E-state index in [0.29, 0.717) is 59.2 Å². The average Bonchev–Trinajstić information content (AvgIpc) is 2.78. The number of benzene rings is 2. The molecule has 3 aromatic rings. The zero-order valence-electron chi connectivity index (χ0n) is 18.8. The number of nitro groups is 1. The number of allylic oxidation sites excluding steroid dienone is 1. The van der Waals surface area contributed by atoms with Crippen LogP contribution < -0.4 is 14.8 Å². The van der Waals surface area contributed by atoms with Crippen molar-refractivity contribution in [2.45, 2.75) is 13.0 Å². The number of ether oxygens (including phenoxy) is 2. The summed E-state index contributed by atoms with van der Waals surface area (Å²) in [6, 6.07) is 6.90. The Labute approximate surface area is 197 Å². The minimum atomic E-state index is -0.447. The molecule has 0 unspecified atom stereocenters. The molecule has 3 rings (SSSR count). The molecule has 0 amide bonds. The molecule has 0 saturated heterocycles. The molecule has 0 bridgehead atoms. The van der Waals surface area contributed by atoms with E-state index in [-0.39, 0.29) is 11.4 Å². The summed E-state index contributed by atoms with van der Waals surface area (Å²) < 4.78 is 11.1. The van der Waals surface area contributed by atoms with Crippen molar-refractivity contribution >= 4 is 34.0 Å². The molecule has 1 N–H and O–H groups in total. The summed E-state index contributed by atoms with van der Waals surface area (Å²) in [5.74, 6) is 1.26. The van der Waals surface area contributed by atoms with Crippen LogP contribution in [0, 0.1) is 10.1 Å². The van der Waals surface area contributed by atoms with Crippen LogP contribution >= 0.6 is 11.6 Å². The largest absolute Gasteiger partial charge is 0.495 e. The number of nitro benzene ring substituents is 1. The van der Waals surface area contributed by atoms with Crippen LogP contribution in [-0.4, -0.2) is 54.1 Å². The van der Waals surface area contributed by atoms with E-state index >= 15 is 0 Å². The summed E-state index contributed by atoms with van der Waals surface area (Å²) in [6.07, 6.45) is 3.46. The van der Waals surface area contributed by atoms with Crippen LogP contribution in [-0.2, 0) is 13.0 Å². The first-order valence-corrected chi connectivity index (χ1v) is 10.6. The summed E-state index contributed by atoms with van der Waals surface area (Å²) in [5.41, 5.74) is 1.94. The zero-order chi connectivity index (χ0) is 24.0. The smallest absolute Gasteiger partial charge is 0.312 e. The van der Waals surface area contributed by atoms with Gasteiger partial charge >= 0.3 is 5.69 Å². The van der Waals surface area contributed by atoms with Gasteiger partial charge in [0.15, 0.2) is 0 Å². The van der Waals surface area contributed by atoms with E-state index < -0.39 is 4.92 Å². The highest BCUT2D eigenvalue weighted by atomic mass is 35.5. The Bertz CT molecular complexity index is 1170. The number of rotatable bonds is 11. The molecular formula is C23H26ClN5O4. The Morgan fingerprint density at radius 3 is 2.73 bits per heavy atom. The molecule has 0 spiro atoms. The summed E-state index contributed by atoms with van der Waals surface area (Å²) in [6.45, 7) is 5.11. The second kappa shape index (κ2) is 10.9. The second-order valence-electron chi connectivity index (χ2n) is 7.55. The van der Waals surface area contributed by atoms with Crippen LogP contribution in [0.15, 0.2) is 43.2 Å². The van der Waals surface area contributed by atoms with Gasteiger partial charge in [-0.1, -0.05) is 23.7 Å². The Balaban J connectivity index is 2.02. The SMILES string of the molecule is C=CCc1c(OCCN(C)C)c([N+](=O)[O-])cc2c(NCc3ccc(OC)c(Cl)c3)ncnc12. The maximum atomic E-state index is 11.9. The third-order valence-electron chi connectivity index (χ3n) is 4.96. The highest BCUT2D eigenvalue weighted by molar-refractivity contribution is 6.32. The van der Waals surface area contributed by atoms with Crippen molar-refractivity contribution in [3.05, 3.63) is 69.5 Å². The zero-order valence-corrected chi connectivity index (χ0v) is 19.6. The molecule has 0 aliphatic heterocycles. The van der Waals surface area contributed by atoms with Gasteiger partial charge in [0.05, 0.1) is 28.0 Å². The van der Waals surface area contributed by atoms with Gasteiger partial charge in [-0.05, 0) is 38.2 Å². The lowest BCUT2D eigenvalue weighted by Crippen LogP contribution is -2.20. The van der Waals surface area contributed by atoms with Gasteiger partial charge < -0.3 is 19.7 Å². The number of aromatic nitrogens is 2. The summed E-state index contributed by atoms with van der Waals surface area (Å²) in [4.78, 5) is 22.1. The molecule has 10 heteroatoms. The Kier molecular flexibility index (Phi) is 8.02. The summed E-state index contributed by atoms with van der Waals surface area (Å²) in [5, 5.41) is 16.2. The van der Waals surface area contributed by atoms with E-state index in [1.165, 1.54) is 12.4 Å². The first kappa shape index (κ1) is 24.2. The average molecular weight is 472 g/mol. The first-order chi connectivity index (χ1) is 15.8. The van der Waals surface area contributed by atoms with Gasteiger partial charge in [-0.2, -0.15) is 0 Å². The number of hydrogen-bond donors (Lipinski definition) is 1. The van der Waals surface area contributed by atoms with Gasteiger partial charge in [0, 0.05) is 24.7 Å². The van der Waals surface area contributed by atoms with Crippen LogP contribution in [0.4, 0.5) is 11.5 Å². The van der Waals surface area contributed by atoms with Crippen LogP contribution in [0.1, 0.15) is 11.1 Å². The van der Waals surface area contributed by atoms with Crippen molar-refractivity contribution in [2.24, 2.45) is 0 Å². The van der Waals surface area contributed by atoms with Gasteiger partial charge in [0.2, 0.25) is 5.75 Å². The van der Waals surface area contributed by atoms with Crippen molar-refractivity contribution in [3.63, 3.8) is 0 Å². The fourth-order valence-corrected chi connectivity index (χ4v) is 3.62. The minimum Gasteiger partial charge on any atom is -0.495 e. The summed E-state index contributed by atoms with van der Waals surface area (Å²) >= 11 is 6.22. The van der Waals surface area contributed by atoms with Gasteiger partial charge in [-0.25, -0.2) is 9.97 Å². The quantitative estimate of drug-likeness (QED) is 0.248. The van der Waals surface area contributed by atoms with Crippen molar-refractivity contribution in [1.29, 1.82) is 0 Å². The predicted molar refractivity (Wildman–Crippen MR) is 129 cm³/mol. The molecule has 0 aliphatic rings. The molecule has 174 valence electrons. The van der Waals surface area contributed by atoms with E-state index in [0.717, 1.165) is 5.56 Å². The fourth-order valence-electron chi connectivity index (χ4n) is 3.34. The number of methoxy groups -OCH3 is 1. The van der Waals surface area contributed by atoms with Crippen LogP contribution in [0.25, 0.3) is 10.9 Å². The van der Waals surface area contributed by atoms with Crippen LogP contribution in [0.2, 0.25) is 5.02 Å². The lowest BCUT2D eigenvalue weighted by Gasteiger charge is -2.16. The van der Waals surface area contributed by atoms with Crippen molar-refractivity contribution < 1.29 is 14.4 Å². The molecule has 0 aliphatic carbocycles. The molecule has 1 heterocycles. The minimum absolute atomic E-state index is 0.136. The Morgan fingerprint density at radius 2 is 2.09 bits per heavy atom. The normalized spacial score (nSPS) is 10.9. The third-order valence-corrected chi connectivity index (χ3v) is 5.26. The number of hydrogen-bond acceptors (Lipinski definition) is 8. The monoisotopic (exact) mass is 471 g/mol. The molecule has 33 heavy (non-hydrogen) atoms. The van der Waals surface area contributed by atoms with E-state index in [2.05, 4.69) is 21.9 Å². The molecule has 9 nitrogen and oxygen atoms in total. The van der Waals surface area contributed by atoms with Gasteiger partial charge in [0.1, 0.15) is 24.5 Å². The molecule has 0 atom stereocenters. The van der Waals surface area contributed by atoms with E-state index in [4.69, 9.17) is 21.1 Å². The standard InChI is InChI=1S/C23H26ClN5O4/c1-5-6-16-21-17(12-19(29(30)31)22(16)33-10-9-28(2)3)23(27-14-26-21)25-13-15-7-8-20(32-4)18(24)11-15/h5,7-8,11-12,14H,1,6,9-10,13H2,2-4H3,(H,25,26,27). The first-order valence-electron chi connectivity index (χ1n) is 10.2. The second-order valence-corrected chi connectivity index (χ2v) is 7.95. The molecule has 0 radical (unpaired) electrons. The van der Waals surface area contributed by atoms with E-state index in [9.17, 15) is 10.1 Å². The number of nitrogens with one attached hydrogen (secondary N) is 1. The molecule has 0 saturated carbocycles. The van der Waals surface area contributed by atoms with Crippen molar-refractivity contribution in [2.75, 3.05) is 39.7 Å². The Morgan fingerprint density at radius 1 is 1.30 bits per heavy atom. The highest BCUT2D eigenvalue weighted by Crippen LogP contribution is 2.39. The molecule has 1 aromatic heterocycles. The molecular weight excluding hydrogens is 446 g/mol. The number of anilines is 1. The number of likely N-dealkylation sites (N-methyl/N-ethyl adjacent to an activating group) is 1. The number of halogens is 1. The van der Waals surface area contributed by atoms with Crippen molar-refractivity contribution in [3.8, 4) is 11.5 Å². The van der Waals surface area contributed by atoms with Gasteiger partial charge in [-0.15, -0.1) is 6.58 Å². The van der Waals surface area contributed by atoms with E-state index in [1.54, 1.807) is 25.3 Å². The predicted octanol–water partition coefficient (Wildman–Crippen LogP) is 4.48. The molecule has 0 fully saturated rings. The van der Waals surface area contributed by atoms with Gasteiger partial charge in [-0.3, -0.25) is 10.1 Å². The summed E-state index contributed by atoms with van der Waals surface area (Å²) in [7, 11) is 5.37. The van der Waals surface area contributed by atoms with E-state index in [1.807, 2.05) is 25.1 Å². The maximum Gasteiger partial charge on any atom is 0.312 e. The van der Waals surface area contributed by atoms with Gasteiger partial charge in [0.25, 0.3) is 0 Å². The number of fused-ring (bicyclic) bond motifs is 1. The van der Waals surface area contributed by atoms with Crippen LogP contribution in [0.5, 0.6) is 11.5 Å². The topological polar surface area (TPSA) is 103 Å². The fraction of sp³-hybridized carbons (Fsp3) is 0.304. The van der Waals surface area contributed by atoms with Crippen molar-refractivity contribution in [1.82, 2.24) is 14.9 Å². The maximum absolute atomic E-state index is 11.9. The number of nitrogens with zero attached hydrogens (tertiary/aromatic N) is 4. The Hall–Kier alpha value is -3.43. The lowest BCUT2D eigenvalue weighted by molar-refractivity contribution is -0.385. The lowest BCUT2D eigenvalue weighted by atomic mass is 10.0. The highest BCUT2D eigenvalue weighted by Gasteiger charge is 2.25.